The molecule has 2 aromatic carbocycles. The Balaban J connectivity index is 1.67. The average Bonchev–Trinajstić information content (AvgIpc) is 3.04. The second-order valence-corrected chi connectivity index (χ2v) is 5.36. The first-order chi connectivity index (χ1) is 11.2. The maximum Gasteiger partial charge on any atom is 0.251 e. The van der Waals surface area contributed by atoms with Crippen molar-refractivity contribution in [3.8, 4) is 11.5 Å². The highest BCUT2D eigenvalue weighted by Gasteiger charge is 2.18. The Morgan fingerprint density at radius 1 is 1.22 bits per heavy atom. The van der Waals surface area contributed by atoms with Crippen LogP contribution in [0, 0.1) is 6.92 Å². The van der Waals surface area contributed by atoms with E-state index in [0.717, 1.165) is 11.1 Å². The summed E-state index contributed by atoms with van der Waals surface area (Å²) in [5.74, 6) is 1.09. The van der Waals surface area contributed by atoms with E-state index in [1.54, 1.807) is 25.3 Å². The third-order valence-corrected chi connectivity index (χ3v) is 3.90. The second kappa shape index (κ2) is 6.71. The number of carbonyl (C=O) groups is 1. The first-order valence-corrected chi connectivity index (χ1v) is 7.45. The molecule has 0 saturated carbocycles. The summed E-state index contributed by atoms with van der Waals surface area (Å²) in [5.41, 5.74) is 2.74. The van der Waals surface area contributed by atoms with Crippen molar-refractivity contribution in [2.75, 3.05) is 20.4 Å². The lowest BCUT2D eigenvalue weighted by molar-refractivity contribution is 0.0825. The molecule has 0 aliphatic carbocycles. The monoisotopic (exact) mass is 313 g/mol. The van der Waals surface area contributed by atoms with E-state index in [2.05, 4.69) is 5.32 Å². The van der Waals surface area contributed by atoms with Gasteiger partial charge in [0, 0.05) is 19.2 Å². The predicted molar refractivity (Wildman–Crippen MR) is 85.8 cm³/mol. The van der Waals surface area contributed by atoms with Crippen molar-refractivity contribution < 1.29 is 19.0 Å². The number of hydrogen-bond acceptors (Lipinski definition) is 4. The fourth-order valence-electron chi connectivity index (χ4n) is 2.59. The molecule has 23 heavy (non-hydrogen) atoms. The van der Waals surface area contributed by atoms with E-state index in [1.165, 1.54) is 0 Å². The first-order valence-electron chi connectivity index (χ1n) is 7.45. The van der Waals surface area contributed by atoms with Crippen LogP contribution in [0.15, 0.2) is 42.5 Å². The van der Waals surface area contributed by atoms with Crippen LogP contribution in [0.2, 0.25) is 0 Å². The third kappa shape index (κ3) is 3.29. The van der Waals surface area contributed by atoms with Crippen molar-refractivity contribution in [3.63, 3.8) is 0 Å². The molecule has 1 aliphatic heterocycles. The summed E-state index contributed by atoms with van der Waals surface area (Å²) in [5, 5.41) is 2.91. The van der Waals surface area contributed by atoms with E-state index in [1.807, 2.05) is 31.2 Å². The summed E-state index contributed by atoms with van der Waals surface area (Å²) in [7, 11) is 1.64. The van der Waals surface area contributed by atoms with Crippen LogP contribution in [-0.4, -0.2) is 26.4 Å². The smallest absolute Gasteiger partial charge is 0.251 e. The number of fused-ring (bicyclic) bond motifs is 1. The Morgan fingerprint density at radius 2 is 2.00 bits per heavy atom. The van der Waals surface area contributed by atoms with Crippen LogP contribution < -0.4 is 14.8 Å². The quantitative estimate of drug-likeness (QED) is 0.922. The van der Waals surface area contributed by atoms with Gasteiger partial charge in [-0.1, -0.05) is 24.3 Å². The van der Waals surface area contributed by atoms with Gasteiger partial charge in [-0.25, -0.2) is 0 Å². The van der Waals surface area contributed by atoms with Crippen molar-refractivity contribution in [1.29, 1.82) is 0 Å². The van der Waals surface area contributed by atoms with E-state index in [0.29, 0.717) is 23.6 Å². The zero-order valence-electron chi connectivity index (χ0n) is 13.2. The summed E-state index contributed by atoms with van der Waals surface area (Å²) in [6.07, 6.45) is -0.186. The lowest BCUT2D eigenvalue weighted by atomic mass is 10.0. The van der Waals surface area contributed by atoms with Crippen molar-refractivity contribution in [1.82, 2.24) is 5.32 Å². The lowest BCUT2D eigenvalue weighted by Gasteiger charge is -2.18. The highest BCUT2D eigenvalue weighted by Crippen LogP contribution is 2.32. The van der Waals surface area contributed by atoms with Gasteiger partial charge in [0.05, 0.1) is 6.10 Å². The van der Waals surface area contributed by atoms with Crippen LogP contribution in [0.4, 0.5) is 0 Å². The number of nitrogens with one attached hydrogen (secondary N) is 1. The van der Waals surface area contributed by atoms with Crippen LogP contribution in [0.1, 0.15) is 27.6 Å². The number of hydrogen-bond donors (Lipinski definition) is 1. The number of ether oxygens (including phenoxy) is 3. The van der Waals surface area contributed by atoms with Gasteiger partial charge in [0.25, 0.3) is 5.91 Å². The largest absolute Gasteiger partial charge is 0.454 e. The van der Waals surface area contributed by atoms with E-state index >= 15 is 0 Å². The zero-order valence-corrected chi connectivity index (χ0v) is 13.2. The van der Waals surface area contributed by atoms with Gasteiger partial charge >= 0.3 is 0 Å². The number of carbonyl (C=O) groups excluding carboxylic acids is 1. The van der Waals surface area contributed by atoms with Gasteiger partial charge in [0.1, 0.15) is 0 Å². The van der Waals surface area contributed by atoms with E-state index in [-0.39, 0.29) is 18.8 Å². The minimum Gasteiger partial charge on any atom is -0.454 e. The van der Waals surface area contributed by atoms with Gasteiger partial charge in [-0.15, -0.1) is 0 Å². The van der Waals surface area contributed by atoms with Crippen LogP contribution in [0.25, 0.3) is 0 Å². The summed E-state index contributed by atoms with van der Waals surface area (Å²) in [6, 6.07) is 13.1. The molecular weight excluding hydrogens is 294 g/mol. The van der Waals surface area contributed by atoms with Crippen molar-refractivity contribution in [3.05, 3.63) is 59.2 Å². The van der Waals surface area contributed by atoms with E-state index in [4.69, 9.17) is 14.2 Å². The summed E-state index contributed by atoms with van der Waals surface area (Å²) in [4.78, 5) is 12.3. The van der Waals surface area contributed by atoms with Crippen molar-refractivity contribution in [2.45, 2.75) is 13.0 Å². The molecule has 1 unspecified atom stereocenters. The molecule has 5 heteroatoms. The second-order valence-electron chi connectivity index (χ2n) is 5.36. The lowest BCUT2D eigenvalue weighted by Crippen LogP contribution is -2.29. The van der Waals surface area contributed by atoms with Gasteiger partial charge < -0.3 is 19.5 Å². The van der Waals surface area contributed by atoms with Crippen LogP contribution in [0.5, 0.6) is 11.5 Å². The minimum atomic E-state index is -0.186. The predicted octanol–water partition coefficient (Wildman–Crippen LogP) is 2.84. The van der Waals surface area contributed by atoms with Gasteiger partial charge in [-0.3, -0.25) is 4.79 Å². The molecule has 1 atom stereocenters. The molecule has 3 rings (SSSR count). The van der Waals surface area contributed by atoms with Crippen molar-refractivity contribution >= 4 is 5.91 Å². The number of methoxy groups -OCH3 is 1. The highest BCUT2D eigenvalue weighted by molar-refractivity contribution is 5.94. The van der Waals surface area contributed by atoms with E-state index in [9.17, 15) is 4.79 Å². The van der Waals surface area contributed by atoms with Gasteiger partial charge in [-0.05, 0) is 36.2 Å². The molecule has 0 saturated heterocycles. The first kappa shape index (κ1) is 15.4. The molecule has 2 aromatic rings. The minimum absolute atomic E-state index is 0.168. The molecule has 0 bridgehead atoms. The zero-order chi connectivity index (χ0) is 16.2. The fourth-order valence-corrected chi connectivity index (χ4v) is 2.59. The van der Waals surface area contributed by atoms with Gasteiger partial charge in [0.15, 0.2) is 11.5 Å². The van der Waals surface area contributed by atoms with Crippen LogP contribution in [0.3, 0.4) is 0 Å². The number of amides is 1. The van der Waals surface area contributed by atoms with Crippen LogP contribution in [-0.2, 0) is 4.74 Å². The summed E-state index contributed by atoms with van der Waals surface area (Å²) >= 11 is 0. The van der Waals surface area contributed by atoms with Crippen molar-refractivity contribution in [2.24, 2.45) is 0 Å². The summed E-state index contributed by atoms with van der Waals surface area (Å²) in [6.45, 7) is 2.62. The standard InChI is InChI=1S/C18H19NO4/c1-12-5-3-4-6-14(12)17(21-2)10-19-18(20)13-7-8-15-16(9-13)23-11-22-15/h3-9,17H,10-11H2,1-2H3,(H,19,20). The molecule has 1 heterocycles. The molecular formula is C18H19NO4. The Morgan fingerprint density at radius 3 is 2.78 bits per heavy atom. The SMILES string of the molecule is COC(CNC(=O)c1ccc2c(c1)OCO2)c1ccccc1C. The summed E-state index contributed by atoms with van der Waals surface area (Å²) < 4.78 is 16.1. The molecule has 1 amide bonds. The van der Waals surface area contributed by atoms with E-state index < -0.39 is 0 Å². The maximum atomic E-state index is 12.3. The molecule has 0 radical (unpaired) electrons. The molecule has 1 aliphatic rings. The Bertz CT molecular complexity index is 714. The molecule has 120 valence electrons. The van der Waals surface area contributed by atoms with Crippen LogP contribution >= 0.6 is 0 Å². The molecule has 0 aromatic heterocycles. The fraction of sp³-hybridized carbons (Fsp3) is 0.278. The maximum absolute atomic E-state index is 12.3. The number of aryl methyl sites for hydroxylation is 1. The van der Waals surface area contributed by atoms with Gasteiger partial charge in [-0.2, -0.15) is 0 Å². The third-order valence-electron chi connectivity index (χ3n) is 3.90. The molecule has 5 nitrogen and oxygen atoms in total. The Labute approximate surface area is 135 Å². The number of benzene rings is 2. The highest BCUT2D eigenvalue weighted by atomic mass is 16.7. The Hall–Kier alpha value is -2.53. The Kier molecular flexibility index (Phi) is 4.48. The molecule has 0 fully saturated rings. The average molecular weight is 313 g/mol. The molecule has 1 N–H and O–H groups in total. The molecule has 0 spiro atoms. The normalized spacial score (nSPS) is 13.7. The number of rotatable bonds is 5. The topological polar surface area (TPSA) is 56.8 Å². The van der Waals surface area contributed by atoms with Gasteiger partial charge in [0.2, 0.25) is 6.79 Å².